The Labute approximate surface area is 137 Å². The van der Waals surface area contributed by atoms with E-state index in [0.717, 1.165) is 15.6 Å². The van der Waals surface area contributed by atoms with Crippen molar-refractivity contribution in [1.82, 2.24) is 5.32 Å². The molecule has 1 unspecified atom stereocenters. The van der Waals surface area contributed by atoms with E-state index in [1.54, 1.807) is 0 Å². The molecule has 1 aliphatic heterocycles. The molecule has 1 amide bonds. The van der Waals surface area contributed by atoms with Gasteiger partial charge in [0.15, 0.2) is 6.61 Å². The third-order valence-electron chi connectivity index (χ3n) is 4.04. The first-order valence-electron chi connectivity index (χ1n) is 7.51. The van der Waals surface area contributed by atoms with Crippen LogP contribution in [-0.4, -0.2) is 30.8 Å². The second kappa shape index (κ2) is 6.50. The number of ether oxygens (including phenoxy) is 1. The number of hydrogen-bond donors (Lipinski definition) is 1. The highest BCUT2D eigenvalue weighted by molar-refractivity contribution is 7.21. The molecule has 0 spiro atoms. The monoisotopic (exact) mass is 331 g/mol. The summed E-state index contributed by atoms with van der Waals surface area (Å²) in [5.74, 6) is -1.01. The van der Waals surface area contributed by atoms with E-state index in [1.165, 1.54) is 11.3 Å². The van der Waals surface area contributed by atoms with Gasteiger partial charge in [-0.25, -0.2) is 0 Å². The van der Waals surface area contributed by atoms with Crippen LogP contribution in [0.3, 0.4) is 0 Å². The number of aryl methyl sites for hydroxylation is 1. The summed E-state index contributed by atoms with van der Waals surface area (Å²) in [6.07, 6.45) is 0.796. The largest absolute Gasteiger partial charge is 0.457 e. The Kier molecular flexibility index (Phi) is 4.43. The molecule has 1 aromatic heterocycles. The number of esters is 1. The van der Waals surface area contributed by atoms with E-state index in [4.69, 9.17) is 4.74 Å². The van der Waals surface area contributed by atoms with Crippen LogP contribution in [-0.2, 0) is 14.3 Å². The van der Waals surface area contributed by atoms with Crippen LogP contribution in [0.15, 0.2) is 24.3 Å². The van der Waals surface area contributed by atoms with Gasteiger partial charge < -0.3 is 10.1 Å². The number of rotatable bonds is 4. The summed E-state index contributed by atoms with van der Waals surface area (Å²) in [7, 11) is 0. The van der Waals surface area contributed by atoms with E-state index < -0.39 is 5.97 Å². The molecular weight excluding hydrogens is 314 g/mol. The summed E-state index contributed by atoms with van der Waals surface area (Å²) in [4.78, 5) is 36.0. The molecule has 23 heavy (non-hydrogen) atoms. The molecule has 5 nitrogen and oxygen atoms in total. The van der Waals surface area contributed by atoms with Crippen molar-refractivity contribution in [3.8, 4) is 0 Å². The third kappa shape index (κ3) is 3.27. The summed E-state index contributed by atoms with van der Waals surface area (Å²) in [6, 6.07) is 7.83. The highest BCUT2D eigenvalue weighted by Gasteiger charge is 2.26. The fourth-order valence-electron chi connectivity index (χ4n) is 2.69. The van der Waals surface area contributed by atoms with Crippen LogP contribution < -0.4 is 5.32 Å². The lowest BCUT2D eigenvalue weighted by atomic mass is 9.99. The zero-order valence-electron chi connectivity index (χ0n) is 12.8. The summed E-state index contributed by atoms with van der Waals surface area (Å²) in [5.41, 5.74) is 0.927. The third-order valence-corrected chi connectivity index (χ3v) is 5.36. The summed E-state index contributed by atoms with van der Waals surface area (Å²) in [6.45, 7) is 1.94. The SMILES string of the molecule is Cc1c(C(=O)COC(=O)C2CCC(=O)NC2)sc2ccccc12. The molecule has 0 saturated carbocycles. The van der Waals surface area contributed by atoms with Gasteiger partial charge in [-0.1, -0.05) is 18.2 Å². The molecule has 0 radical (unpaired) electrons. The zero-order valence-corrected chi connectivity index (χ0v) is 13.6. The van der Waals surface area contributed by atoms with Gasteiger partial charge in [-0.2, -0.15) is 0 Å². The molecule has 120 valence electrons. The minimum atomic E-state index is -0.419. The number of thiophene rings is 1. The van der Waals surface area contributed by atoms with Gasteiger partial charge in [0.1, 0.15) is 0 Å². The summed E-state index contributed by atoms with van der Waals surface area (Å²) >= 11 is 1.42. The van der Waals surface area contributed by atoms with Gasteiger partial charge in [-0.3, -0.25) is 14.4 Å². The molecule has 6 heteroatoms. The highest BCUT2D eigenvalue weighted by Crippen LogP contribution is 2.30. The Morgan fingerprint density at radius 3 is 2.83 bits per heavy atom. The number of amides is 1. The van der Waals surface area contributed by atoms with E-state index in [0.29, 0.717) is 17.7 Å². The van der Waals surface area contributed by atoms with E-state index >= 15 is 0 Å². The molecule has 2 heterocycles. The summed E-state index contributed by atoms with van der Waals surface area (Å²) < 4.78 is 6.20. The standard InChI is InChI=1S/C17H17NO4S/c1-10-12-4-2-3-5-14(12)23-16(10)13(19)9-22-17(21)11-6-7-15(20)18-8-11/h2-5,11H,6-9H2,1H3,(H,18,20). The molecule has 1 atom stereocenters. The fraction of sp³-hybridized carbons (Fsp3) is 0.353. The Morgan fingerprint density at radius 2 is 2.13 bits per heavy atom. The average molecular weight is 331 g/mol. The van der Waals surface area contributed by atoms with E-state index in [9.17, 15) is 14.4 Å². The molecule has 1 aromatic carbocycles. The fourth-order valence-corrected chi connectivity index (χ4v) is 3.83. The van der Waals surface area contributed by atoms with Crippen LogP contribution in [0.5, 0.6) is 0 Å². The first-order valence-corrected chi connectivity index (χ1v) is 8.32. The number of carbonyl (C=O) groups excluding carboxylic acids is 3. The van der Waals surface area contributed by atoms with Gasteiger partial charge in [0.25, 0.3) is 0 Å². The molecule has 1 N–H and O–H groups in total. The van der Waals surface area contributed by atoms with Gasteiger partial charge >= 0.3 is 5.97 Å². The van der Waals surface area contributed by atoms with Crippen molar-refractivity contribution in [2.75, 3.05) is 13.2 Å². The van der Waals surface area contributed by atoms with Crippen molar-refractivity contribution in [3.05, 3.63) is 34.7 Å². The van der Waals surface area contributed by atoms with Gasteiger partial charge in [-0.15, -0.1) is 11.3 Å². The van der Waals surface area contributed by atoms with Crippen LogP contribution >= 0.6 is 11.3 Å². The van der Waals surface area contributed by atoms with Crippen LogP contribution in [0.1, 0.15) is 28.1 Å². The molecule has 3 rings (SSSR count). The van der Waals surface area contributed by atoms with Crippen LogP contribution in [0.4, 0.5) is 0 Å². The minimum Gasteiger partial charge on any atom is -0.457 e. The zero-order chi connectivity index (χ0) is 16.4. The van der Waals surface area contributed by atoms with Gasteiger partial charge in [0.05, 0.1) is 10.8 Å². The molecule has 1 fully saturated rings. The normalized spacial score (nSPS) is 17.8. The molecule has 1 aliphatic rings. The van der Waals surface area contributed by atoms with E-state index in [1.807, 2.05) is 31.2 Å². The number of ketones is 1. The Morgan fingerprint density at radius 1 is 1.35 bits per heavy atom. The molecular formula is C17H17NO4S. The van der Waals surface area contributed by atoms with Crippen molar-refractivity contribution in [1.29, 1.82) is 0 Å². The van der Waals surface area contributed by atoms with Crippen molar-refractivity contribution < 1.29 is 19.1 Å². The smallest absolute Gasteiger partial charge is 0.311 e. The second-order valence-electron chi connectivity index (χ2n) is 5.62. The predicted molar refractivity (Wildman–Crippen MR) is 87.6 cm³/mol. The van der Waals surface area contributed by atoms with Crippen molar-refractivity contribution in [2.24, 2.45) is 5.92 Å². The first-order chi connectivity index (χ1) is 11.1. The molecule has 0 aliphatic carbocycles. The molecule has 0 bridgehead atoms. The summed E-state index contributed by atoms with van der Waals surface area (Å²) in [5, 5.41) is 3.69. The van der Waals surface area contributed by atoms with E-state index in [2.05, 4.69) is 5.32 Å². The number of hydrogen-bond acceptors (Lipinski definition) is 5. The Balaban J connectivity index is 1.63. The van der Waals surface area contributed by atoms with Gasteiger partial charge in [0.2, 0.25) is 11.7 Å². The maximum Gasteiger partial charge on any atom is 0.311 e. The number of carbonyl (C=O) groups is 3. The van der Waals surface area contributed by atoms with Crippen molar-refractivity contribution in [2.45, 2.75) is 19.8 Å². The van der Waals surface area contributed by atoms with Crippen LogP contribution in [0.2, 0.25) is 0 Å². The van der Waals surface area contributed by atoms with E-state index in [-0.39, 0.29) is 30.8 Å². The van der Waals surface area contributed by atoms with Gasteiger partial charge in [-0.05, 0) is 30.4 Å². The maximum atomic E-state index is 12.3. The van der Waals surface area contributed by atoms with Gasteiger partial charge in [0, 0.05) is 17.7 Å². The number of benzene rings is 1. The number of fused-ring (bicyclic) bond motifs is 1. The lowest BCUT2D eigenvalue weighted by molar-refractivity contribution is -0.148. The second-order valence-corrected chi connectivity index (χ2v) is 6.68. The predicted octanol–water partition coefficient (Wildman–Crippen LogP) is 2.46. The van der Waals surface area contributed by atoms with Crippen LogP contribution in [0, 0.1) is 12.8 Å². The average Bonchev–Trinajstić information content (AvgIpc) is 2.90. The van der Waals surface area contributed by atoms with Crippen LogP contribution in [0.25, 0.3) is 10.1 Å². The Bertz CT molecular complexity index is 770. The lowest BCUT2D eigenvalue weighted by Crippen LogP contribution is -2.39. The first kappa shape index (κ1) is 15.7. The highest BCUT2D eigenvalue weighted by atomic mass is 32.1. The minimum absolute atomic E-state index is 0.0500. The molecule has 2 aromatic rings. The lowest BCUT2D eigenvalue weighted by Gasteiger charge is -2.20. The Hall–Kier alpha value is -2.21. The number of Topliss-reactive ketones (excluding diaryl/α,β-unsaturated/α-hetero) is 1. The number of piperidine rings is 1. The maximum absolute atomic E-state index is 12.3. The van der Waals surface area contributed by atoms with Crippen molar-refractivity contribution in [3.63, 3.8) is 0 Å². The quantitative estimate of drug-likeness (QED) is 0.690. The van der Waals surface area contributed by atoms with Crippen molar-refractivity contribution >= 4 is 39.1 Å². The molecule has 1 saturated heterocycles. The number of nitrogens with one attached hydrogen (secondary N) is 1. The topological polar surface area (TPSA) is 72.5 Å².